The summed E-state index contributed by atoms with van der Waals surface area (Å²) in [5, 5.41) is 17.0. The van der Waals surface area contributed by atoms with Crippen molar-refractivity contribution < 1.29 is 19.6 Å². The molecule has 7 nitrogen and oxygen atoms in total. The molecule has 36 heavy (non-hydrogen) atoms. The van der Waals surface area contributed by atoms with Gasteiger partial charge in [0.25, 0.3) is 0 Å². The van der Waals surface area contributed by atoms with Gasteiger partial charge < -0.3 is 10.6 Å². The zero-order chi connectivity index (χ0) is 25.8. The molecule has 7 heteroatoms. The number of benzene rings is 3. The molecular weight excluding hydrogens is 454 g/mol. The summed E-state index contributed by atoms with van der Waals surface area (Å²) in [6.07, 6.45) is 3.37. The molecule has 3 aromatic carbocycles. The molecule has 0 heterocycles. The molecule has 0 aliphatic carbocycles. The zero-order valence-corrected chi connectivity index (χ0v) is 20.7. The Morgan fingerprint density at radius 3 is 2.28 bits per heavy atom. The molecule has 0 aromatic heterocycles. The molecular formula is C29H35N3O4. The van der Waals surface area contributed by atoms with Crippen LogP contribution in [0.2, 0.25) is 0 Å². The second-order valence-electron chi connectivity index (χ2n) is 9.08. The minimum Gasteiger partial charge on any atom is -0.350 e. The largest absolute Gasteiger partial charge is 0.350 e. The van der Waals surface area contributed by atoms with Crippen LogP contribution in [-0.4, -0.2) is 29.0 Å². The third-order valence-corrected chi connectivity index (χ3v) is 6.28. The van der Waals surface area contributed by atoms with Gasteiger partial charge in [0.2, 0.25) is 17.7 Å². The lowest BCUT2D eigenvalue weighted by Gasteiger charge is -2.22. The van der Waals surface area contributed by atoms with Gasteiger partial charge in [-0.25, -0.2) is 5.48 Å². The van der Waals surface area contributed by atoms with E-state index in [0.717, 1.165) is 41.2 Å². The number of nitrogens with one attached hydrogen (secondary N) is 3. The topological polar surface area (TPSA) is 108 Å². The predicted octanol–water partition coefficient (Wildman–Crippen LogP) is 4.28. The van der Waals surface area contributed by atoms with E-state index in [1.165, 1.54) is 0 Å². The fraction of sp³-hybridized carbons (Fsp3) is 0.345. The fourth-order valence-electron chi connectivity index (χ4n) is 4.24. The van der Waals surface area contributed by atoms with Crippen LogP contribution in [-0.2, 0) is 27.3 Å². The van der Waals surface area contributed by atoms with Gasteiger partial charge in [-0.2, -0.15) is 0 Å². The van der Waals surface area contributed by atoms with E-state index in [9.17, 15) is 14.4 Å². The van der Waals surface area contributed by atoms with Gasteiger partial charge in [-0.3, -0.25) is 19.6 Å². The number of carbonyl (C=O) groups excluding carboxylic acids is 3. The first kappa shape index (κ1) is 26.9. The average Bonchev–Trinajstić information content (AvgIpc) is 2.91. The molecule has 4 N–H and O–H groups in total. The van der Waals surface area contributed by atoms with E-state index in [0.29, 0.717) is 19.4 Å². The third kappa shape index (κ3) is 8.20. The van der Waals surface area contributed by atoms with E-state index >= 15 is 0 Å². The van der Waals surface area contributed by atoms with Crippen molar-refractivity contribution in [2.45, 2.75) is 58.0 Å². The monoisotopic (exact) mass is 489 g/mol. The molecule has 0 aliphatic heterocycles. The zero-order valence-electron chi connectivity index (χ0n) is 20.7. The van der Waals surface area contributed by atoms with Crippen molar-refractivity contribution in [3.05, 3.63) is 83.9 Å². The summed E-state index contributed by atoms with van der Waals surface area (Å²) in [4.78, 5) is 38.3. The van der Waals surface area contributed by atoms with Gasteiger partial charge in [0, 0.05) is 25.3 Å². The molecule has 0 bridgehead atoms. The van der Waals surface area contributed by atoms with Crippen molar-refractivity contribution in [2.75, 3.05) is 0 Å². The molecule has 3 amide bonds. The third-order valence-electron chi connectivity index (χ3n) is 6.28. The SMILES string of the molecule is CCCCC[C@@H](CC(=O)NO)C(=O)N[C@@H](Cc1ccc2ccccc2c1)C(=O)NCc1ccccc1. The maximum absolute atomic E-state index is 13.2. The van der Waals surface area contributed by atoms with Gasteiger partial charge in [-0.1, -0.05) is 99.0 Å². The first-order valence-corrected chi connectivity index (χ1v) is 12.5. The van der Waals surface area contributed by atoms with E-state index in [4.69, 9.17) is 5.21 Å². The highest BCUT2D eigenvalue weighted by molar-refractivity contribution is 5.91. The van der Waals surface area contributed by atoms with E-state index < -0.39 is 17.9 Å². The summed E-state index contributed by atoms with van der Waals surface area (Å²) in [6.45, 7) is 2.41. The highest BCUT2D eigenvalue weighted by Crippen LogP contribution is 2.18. The first-order valence-electron chi connectivity index (χ1n) is 12.5. The van der Waals surface area contributed by atoms with Crippen LogP contribution in [0.5, 0.6) is 0 Å². The number of unbranched alkanes of at least 4 members (excludes halogenated alkanes) is 2. The van der Waals surface area contributed by atoms with Crippen molar-refractivity contribution in [3.8, 4) is 0 Å². The lowest BCUT2D eigenvalue weighted by molar-refractivity contribution is -0.136. The molecule has 2 atom stereocenters. The number of hydrogen-bond donors (Lipinski definition) is 4. The highest BCUT2D eigenvalue weighted by Gasteiger charge is 2.27. The average molecular weight is 490 g/mol. The van der Waals surface area contributed by atoms with Gasteiger partial charge in [0.1, 0.15) is 6.04 Å². The number of carbonyl (C=O) groups is 3. The predicted molar refractivity (Wildman–Crippen MR) is 140 cm³/mol. The smallest absolute Gasteiger partial charge is 0.244 e. The maximum Gasteiger partial charge on any atom is 0.244 e. The molecule has 0 unspecified atom stereocenters. The minimum atomic E-state index is -0.812. The van der Waals surface area contributed by atoms with Crippen LogP contribution in [0, 0.1) is 5.92 Å². The molecule has 0 saturated heterocycles. The van der Waals surface area contributed by atoms with E-state index in [1.54, 1.807) is 5.48 Å². The molecule has 3 rings (SSSR count). The molecule has 190 valence electrons. The molecule has 3 aromatic rings. The van der Waals surface area contributed by atoms with E-state index in [1.807, 2.05) is 72.8 Å². The number of rotatable bonds is 13. The highest BCUT2D eigenvalue weighted by atomic mass is 16.5. The Bertz CT molecular complexity index is 1150. The Balaban J connectivity index is 1.77. The molecule has 0 aliphatic rings. The van der Waals surface area contributed by atoms with Gasteiger partial charge in [-0.15, -0.1) is 0 Å². The van der Waals surface area contributed by atoms with E-state index in [2.05, 4.69) is 17.6 Å². The van der Waals surface area contributed by atoms with Crippen LogP contribution in [0.4, 0.5) is 0 Å². The molecule has 0 radical (unpaired) electrons. The normalized spacial score (nSPS) is 12.5. The second-order valence-corrected chi connectivity index (χ2v) is 9.08. The van der Waals surface area contributed by atoms with Crippen molar-refractivity contribution in [3.63, 3.8) is 0 Å². The number of fused-ring (bicyclic) bond motifs is 1. The summed E-state index contributed by atoms with van der Waals surface area (Å²) in [7, 11) is 0. The van der Waals surface area contributed by atoms with Crippen LogP contribution in [0.25, 0.3) is 10.8 Å². The summed E-state index contributed by atoms with van der Waals surface area (Å²) in [5.74, 6) is -1.91. The quantitative estimate of drug-likeness (QED) is 0.163. The standard InChI is InChI=1S/C29H35N3O4/c1-2-3-5-14-25(19-27(33)32-36)28(34)31-26(29(35)30-20-21-10-6-4-7-11-21)18-22-15-16-23-12-8-9-13-24(23)17-22/h4,6-13,15-17,25-26,36H,2-3,5,14,18-20H2,1H3,(H,30,35)(H,31,34)(H,32,33)/t25-,26-/m0/s1. The number of amides is 3. The molecule has 0 fully saturated rings. The van der Waals surface area contributed by atoms with Crippen molar-refractivity contribution in [1.82, 2.24) is 16.1 Å². The van der Waals surface area contributed by atoms with Crippen LogP contribution in [0.3, 0.4) is 0 Å². The van der Waals surface area contributed by atoms with Gasteiger partial charge >= 0.3 is 0 Å². The van der Waals surface area contributed by atoms with Gasteiger partial charge in [0.05, 0.1) is 0 Å². The summed E-state index contributed by atoms with van der Waals surface area (Å²) in [5.41, 5.74) is 3.49. The Morgan fingerprint density at radius 2 is 1.56 bits per heavy atom. The number of hydrogen-bond acceptors (Lipinski definition) is 4. The molecule has 0 spiro atoms. The minimum absolute atomic E-state index is 0.139. The Kier molecular flexibility index (Phi) is 10.5. The maximum atomic E-state index is 13.2. The Labute approximate surface area is 212 Å². The lowest BCUT2D eigenvalue weighted by Crippen LogP contribution is -2.50. The second kappa shape index (κ2) is 14.0. The van der Waals surface area contributed by atoms with Crippen LogP contribution >= 0.6 is 0 Å². The summed E-state index contributed by atoms with van der Waals surface area (Å²) >= 11 is 0. The summed E-state index contributed by atoms with van der Waals surface area (Å²) in [6, 6.07) is 22.7. The first-order chi connectivity index (χ1) is 17.5. The van der Waals surface area contributed by atoms with E-state index in [-0.39, 0.29) is 18.2 Å². The lowest BCUT2D eigenvalue weighted by atomic mass is 9.95. The van der Waals surface area contributed by atoms with Crippen LogP contribution < -0.4 is 16.1 Å². The Morgan fingerprint density at radius 1 is 0.833 bits per heavy atom. The fourth-order valence-corrected chi connectivity index (χ4v) is 4.24. The van der Waals surface area contributed by atoms with Crippen LogP contribution in [0.1, 0.15) is 50.2 Å². The van der Waals surface area contributed by atoms with Crippen molar-refractivity contribution in [2.24, 2.45) is 5.92 Å². The Hall–Kier alpha value is -3.71. The number of hydroxylamine groups is 1. The van der Waals surface area contributed by atoms with Crippen LogP contribution in [0.15, 0.2) is 72.8 Å². The van der Waals surface area contributed by atoms with Crippen molar-refractivity contribution >= 4 is 28.5 Å². The van der Waals surface area contributed by atoms with Crippen molar-refractivity contribution in [1.29, 1.82) is 0 Å². The van der Waals surface area contributed by atoms with Gasteiger partial charge in [0.15, 0.2) is 0 Å². The molecule has 0 saturated carbocycles. The van der Waals surface area contributed by atoms with Gasteiger partial charge in [-0.05, 0) is 28.3 Å². The summed E-state index contributed by atoms with van der Waals surface area (Å²) < 4.78 is 0.